The number of hydrogen-bond acceptors (Lipinski definition) is 3. The molecule has 3 nitrogen and oxygen atoms in total. The molecule has 0 spiro atoms. The van der Waals surface area contributed by atoms with Gasteiger partial charge in [-0.1, -0.05) is 37.3 Å². The van der Waals surface area contributed by atoms with E-state index < -0.39 is 0 Å². The lowest BCUT2D eigenvalue weighted by atomic mass is 10.0. The van der Waals surface area contributed by atoms with Gasteiger partial charge in [0.05, 0.1) is 12.2 Å². The van der Waals surface area contributed by atoms with Gasteiger partial charge in [0.1, 0.15) is 6.29 Å². The van der Waals surface area contributed by atoms with Gasteiger partial charge in [-0.15, -0.1) is 0 Å². The van der Waals surface area contributed by atoms with E-state index in [2.05, 4.69) is 6.92 Å². The zero-order valence-electron chi connectivity index (χ0n) is 10.0. The van der Waals surface area contributed by atoms with Crippen molar-refractivity contribution in [3.63, 3.8) is 0 Å². The van der Waals surface area contributed by atoms with Crippen LogP contribution in [0.3, 0.4) is 0 Å². The minimum atomic E-state index is -0.333. The van der Waals surface area contributed by atoms with Crippen molar-refractivity contribution in [2.45, 2.75) is 44.7 Å². The SMILES string of the molecule is CC[C@@H]1C[C@H](CC=O)O[C@H](c2ccccc2)O1. The standard InChI is InChI=1S/C14H18O3/c1-2-12-10-13(8-9-15)17-14(16-12)11-6-4-3-5-7-11/h3-7,9,12-14H,2,8,10H2,1H3/t12-,13+,14-/m1/s1. The van der Waals surface area contributed by atoms with Crippen molar-refractivity contribution < 1.29 is 14.3 Å². The van der Waals surface area contributed by atoms with Gasteiger partial charge in [0.25, 0.3) is 0 Å². The maximum Gasteiger partial charge on any atom is 0.184 e. The maximum atomic E-state index is 10.6. The van der Waals surface area contributed by atoms with E-state index in [1.54, 1.807) is 0 Å². The van der Waals surface area contributed by atoms with Crippen LogP contribution in [0, 0.1) is 0 Å². The van der Waals surface area contributed by atoms with Crippen molar-refractivity contribution in [2.24, 2.45) is 0 Å². The molecule has 1 aromatic rings. The highest BCUT2D eigenvalue weighted by molar-refractivity contribution is 5.50. The lowest BCUT2D eigenvalue weighted by molar-refractivity contribution is -0.247. The fourth-order valence-electron chi connectivity index (χ4n) is 2.08. The highest BCUT2D eigenvalue weighted by Gasteiger charge is 2.29. The minimum absolute atomic E-state index is 0.0172. The van der Waals surface area contributed by atoms with Crippen LogP contribution >= 0.6 is 0 Å². The summed E-state index contributed by atoms with van der Waals surface area (Å²) in [6.45, 7) is 2.09. The second-order valence-corrected chi connectivity index (χ2v) is 4.31. The molecule has 0 aromatic heterocycles. The Balaban J connectivity index is 2.08. The van der Waals surface area contributed by atoms with Crippen molar-refractivity contribution in [1.82, 2.24) is 0 Å². The Bertz CT molecular complexity index is 350. The topological polar surface area (TPSA) is 35.5 Å². The van der Waals surface area contributed by atoms with Gasteiger partial charge >= 0.3 is 0 Å². The van der Waals surface area contributed by atoms with E-state index in [1.807, 2.05) is 30.3 Å². The number of ether oxygens (including phenoxy) is 2. The summed E-state index contributed by atoms with van der Waals surface area (Å²) in [5.74, 6) is 0. The Morgan fingerprint density at radius 3 is 2.59 bits per heavy atom. The first-order chi connectivity index (χ1) is 8.33. The third kappa shape index (κ3) is 3.14. The molecule has 1 heterocycles. The third-order valence-electron chi connectivity index (χ3n) is 3.04. The summed E-state index contributed by atoms with van der Waals surface area (Å²) in [4.78, 5) is 10.6. The van der Waals surface area contributed by atoms with Crippen molar-refractivity contribution in [3.05, 3.63) is 35.9 Å². The average Bonchev–Trinajstić information content (AvgIpc) is 2.40. The second kappa shape index (κ2) is 5.94. The lowest BCUT2D eigenvalue weighted by Crippen LogP contribution is -2.33. The molecule has 1 saturated heterocycles. The number of benzene rings is 1. The molecule has 1 fully saturated rings. The fourth-order valence-corrected chi connectivity index (χ4v) is 2.08. The highest BCUT2D eigenvalue weighted by Crippen LogP contribution is 2.31. The van der Waals surface area contributed by atoms with Crippen molar-refractivity contribution >= 4 is 6.29 Å². The van der Waals surface area contributed by atoms with Gasteiger partial charge in [0.2, 0.25) is 0 Å². The zero-order valence-corrected chi connectivity index (χ0v) is 10.0. The lowest BCUT2D eigenvalue weighted by Gasteiger charge is -2.35. The predicted molar refractivity (Wildman–Crippen MR) is 64.5 cm³/mol. The van der Waals surface area contributed by atoms with Crippen LogP contribution in [0.15, 0.2) is 30.3 Å². The maximum absolute atomic E-state index is 10.6. The molecular formula is C14H18O3. The number of carbonyl (C=O) groups excluding carboxylic acids is 1. The first kappa shape index (κ1) is 12.3. The molecule has 0 saturated carbocycles. The monoisotopic (exact) mass is 234 g/mol. The first-order valence-corrected chi connectivity index (χ1v) is 6.13. The molecule has 0 bridgehead atoms. The number of aldehydes is 1. The molecule has 0 aliphatic carbocycles. The minimum Gasteiger partial charge on any atom is -0.345 e. The Hall–Kier alpha value is -1.19. The smallest absolute Gasteiger partial charge is 0.184 e. The molecule has 1 aliphatic heterocycles. The van der Waals surface area contributed by atoms with Gasteiger partial charge in [-0.05, 0) is 6.42 Å². The van der Waals surface area contributed by atoms with E-state index in [9.17, 15) is 4.79 Å². The molecule has 3 heteroatoms. The van der Waals surface area contributed by atoms with Gasteiger partial charge in [-0.3, -0.25) is 0 Å². The first-order valence-electron chi connectivity index (χ1n) is 6.13. The predicted octanol–water partition coefficient (Wildman–Crippen LogP) is 2.86. The number of rotatable bonds is 4. The number of carbonyl (C=O) groups is 1. The van der Waals surface area contributed by atoms with E-state index >= 15 is 0 Å². The molecule has 0 unspecified atom stereocenters. The van der Waals surface area contributed by atoms with Crippen LogP contribution in [0.4, 0.5) is 0 Å². The Morgan fingerprint density at radius 2 is 1.94 bits per heavy atom. The van der Waals surface area contributed by atoms with Gasteiger partial charge in [-0.25, -0.2) is 0 Å². The van der Waals surface area contributed by atoms with Crippen molar-refractivity contribution in [2.75, 3.05) is 0 Å². The van der Waals surface area contributed by atoms with Crippen LogP contribution in [0.25, 0.3) is 0 Å². The summed E-state index contributed by atoms with van der Waals surface area (Å²) < 4.78 is 11.7. The van der Waals surface area contributed by atoms with Crippen LogP contribution in [0.2, 0.25) is 0 Å². The van der Waals surface area contributed by atoms with Gasteiger partial charge < -0.3 is 14.3 Å². The molecule has 0 radical (unpaired) electrons. The largest absolute Gasteiger partial charge is 0.345 e. The Kier molecular flexibility index (Phi) is 4.29. The quantitative estimate of drug-likeness (QED) is 0.751. The Morgan fingerprint density at radius 1 is 1.24 bits per heavy atom. The zero-order chi connectivity index (χ0) is 12.1. The molecule has 0 amide bonds. The van der Waals surface area contributed by atoms with Crippen molar-refractivity contribution in [1.29, 1.82) is 0 Å². The molecule has 0 N–H and O–H groups in total. The van der Waals surface area contributed by atoms with E-state index in [1.165, 1.54) is 0 Å². The van der Waals surface area contributed by atoms with E-state index in [0.717, 1.165) is 24.7 Å². The molecule has 1 aromatic carbocycles. The number of hydrogen-bond donors (Lipinski definition) is 0. The van der Waals surface area contributed by atoms with Crippen LogP contribution in [-0.2, 0) is 14.3 Å². The van der Waals surface area contributed by atoms with Gasteiger partial charge in [0, 0.05) is 18.4 Å². The van der Waals surface area contributed by atoms with E-state index in [-0.39, 0.29) is 18.5 Å². The van der Waals surface area contributed by atoms with Gasteiger partial charge in [0.15, 0.2) is 6.29 Å². The molecule has 1 aliphatic rings. The van der Waals surface area contributed by atoms with Crippen LogP contribution < -0.4 is 0 Å². The average molecular weight is 234 g/mol. The molecule has 17 heavy (non-hydrogen) atoms. The summed E-state index contributed by atoms with van der Waals surface area (Å²) in [5, 5.41) is 0. The van der Waals surface area contributed by atoms with Gasteiger partial charge in [-0.2, -0.15) is 0 Å². The van der Waals surface area contributed by atoms with Crippen molar-refractivity contribution in [3.8, 4) is 0 Å². The van der Waals surface area contributed by atoms with Crippen LogP contribution in [-0.4, -0.2) is 18.5 Å². The fraction of sp³-hybridized carbons (Fsp3) is 0.500. The normalized spacial score (nSPS) is 28.9. The van der Waals surface area contributed by atoms with Crippen LogP contribution in [0.5, 0.6) is 0 Å². The van der Waals surface area contributed by atoms with E-state index in [0.29, 0.717) is 6.42 Å². The summed E-state index contributed by atoms with van der Waals surface area (Å²) >= 11 is 0. The molecule has 2 rings (SSSR count). The summed E-state index contributed by atoms with van der Waals surface area (Å²) in [5.41, 5.74) is 1.02. The second-order valence-electron chi connectivity index (χ2n) is 4.31. The molecule has 3 atom stereocenters. The third-order valence-corrected chi connectivity index (χ3v) is 3.04. The Labute approximate surface area is 102 Å². The van der Waals surface area contributed by atoms with E-state index in [4.69, 9.17) is 9.47 Å². The summed E-state index contributed by atoms with van der Waals surface area (Å²) in [7, 11) is 0. The summed E-state index contributed by atoms with van der Waals surface area (Å²) in [6.07, 6.45) is 2.95. The highest BCUT2D eigenvalue weighted by atomic mass is 16.7. The molecular weight excluding hydrogens is 216 g/mol. The summed E-state index contributed by atoms with van der Waals surface area (Å²) in [6, 6.07) is 9.87. The molecule has 92 valence electrons. The van der Waals surface area contributed by atoms with Crippen LogP contribution in [0.1, 0.15) is 38.0 Å².